The Kier molecular flexibility index (Phi) is 6.00. The van der Waals surface area contributed by atoms with Crippen molar-refractivity contribution in [3.63, 3.8) is 0 Å². The summed E-state index contributed by atoms with van der Waals surface area (Å²) in [6.07, 6.45) is 0.938. The summed E-state index contributed by atoms with van der Waals surface area (Å²) >= 11 is 6.87. The molecular formula is C17H17Br2NO. The number of carbonyl (C=O) groups is 1. The molecule has 0 unspecified atom stereocenters. The first-order valence-electron chi connectivity index (χ1n) is 6.89. The van der Waals surface area contributed by atoms with E-state index in [1.807, 2.05) is 53.4 Å². The molecule has 0 radical (unpaired) electrons. The Bertz CT molecular complexity index is 593. The first-order chi connectivity index (χ1) is 10.1. The summed E-state index contributed by atoms with van der Waals surface area (Å²) in [5.41, 5.74) is 1.84. The fourth-order valence-corrected chi connectivity index (χ4v) is 3.48. The lowest BCUT2D eigenvalue weighted by atomic mass is 10.1. The van der Waals surface area contributed by atoms with Crippen LogP contribution in [0.3, 0.4) is 0 Å². The molecule has 0 bridgehead atoms. The van der Waals surface area contributed by atoms with Crippen molar-refractivity contribution in [3.8, 4) is 0 Å². The molecule has 0 saturated carbocycles. The van der Waals surface area contributed by atoms with Crippen LogP contribution in [0.1, 0.15) is 29.3 Å². The van der Waals surface area contributed by atoms with Crippen LogP contribution in [0.4, 0.5) is 0 Å². The number of amides is 1. The summed E-state index contributed by atoms with van der Waals surface area (Å²) < 4.78 is 1.80. The Hall–Kier alpha value is -1.13. The van der Waals surface area contributed by atoms with Gasteiger partial charge in [-0.05, 0) is 30.2 Å². The number of rotatable bonds is 5. The van der Waals surface area contributed by atoms with E-state index in [0.717, 1.165) is 27.5 Å². The largest absolute Gasteiger partial charge is 0.334 e. The first kappa shape index (κ1) is 16.2. The molecule has 110 valence electrons. The standard InChI is InChI=1S/C17H17Br2NO/c1-2-8-20(12-13-6-4-3-5-7-13)17(21)14-9-15(18)11-16(19)10-14/h3-7,9-11H,2,8,12H2,1H3. The minimum Gasteiger partial charge on any atom is -0.334 e. The van der Waals surface area contributed by atoms with E-state index in [9.17, 15) is 4.79 Å². The van der Waals surface area contributed by atoms with Crippen molar-refractivity contribution in [1.29, 1.82) is 0 Å². The molecule has 0 aliphatic carbocycles. The van der Waals surface area contributed by atoms with E-state index < -0.39 is 0 Å². The van der Waals surface area contributed by atoms with Crippen LogP contribution in [0.5, 0.6) is 0 Å². The lowest BCUT2D eigenvalue weighted by molar-refractivity contribution is 0.0743. The zero-order valence-corrected chi connectivity index (χ0v) is 15.0. The Morgan fingerprint density at radius 3 is 2.24 bits per heavy atom. The number of carbonyl (C=O) groups excluding carboxylic acids is 1. The van der Waals surface area contributed by atoms with Crippen molar-refractivity contribution in [2.24, 2.45) is 0 Å². The molecule has 2 nitrogen and oxygen atoms in total. The molecule has 0 N–H and O–H groups in total. The van der Waals surface area contributed by atoms with Crippen molar-refractivity contribution in [2.45, 2.75) is 19.9 Å². The van der Waals surface area contributed by atoms with Crippen LogP contribution in [-0.4, -0.2) is 17.4 Å². The third kappa shape index (κ3) is 4.68. The van der Waals surface area contributed by atoms with Gasteiger partial charge in [-0.3, -0.25) is 4.79 Å². The van der Waals surface area contributed by atoms with Crippen molar-refractivity contribution in [1.82, 2.24) is 4.90 Å². The molecule has 0 aliphatic heterocycles. The maximum Gasteiger partial charge on any atom is 0.254 e. The lowest BCUT2D eigenvalue weighted by Gasteiger charge is -2.22. The second-order valence-corrected chi connectivity index (χ2v) is 6.70. The monoisotopic (exact) mass is 409 g/mol. The van der Waals surface area contributed by atoms with Gasteiger partial charge < -0.3 is 4.90 Å². The summed E-state index contributed by atoms with van der Waals surface area (Å²) in [6, 6.07) is 15.7. The number of hydrogen-bond donors (Lipinski definition) is 0. The van der Waals surface area contributed by atoms with Crippen LogP contribution in [0.25, 0.3) is 0 Å². The van der Waals surface area contributed by atoms with E-state index in [4.69, 9.17) is 0 Å². The quantitative estimate of drug-likeness (QED) is 0.657. The molecule has 0 heterocycles. The molecule has 2 rings (SSSR count). The van der Waals surface area contributed by atoms with Crippen LogP contribution >= 0.6 is 31.9 Å². The first-order valence-corrected chi connectivity index (χ1v) is 8.48. The van der Waals surface area contributed by atoms with Crippen LogP contribution in [0.15, 0.2) is 57.5 Å². The third-order valence-corrected chi connectivity index (χ3v) is 4.02. The predicted octanol–water partition coefficient (Wildman–Crippen LogP) is 5.26. The van der Waals surface area contributed by atoms with Gasteiger partial charge in [-0.2, -0.15) is 0 Å². The van der Waals surface area contributed by atoms with Crippen molar-refractivity contribution in [2.75, 3.05) is 6.54 Å². The van der Waals surface area contributed by atoms with E-state index in [1.54, 1.807) is 0 Å². The summed E-state index contributed by atoms with van der Waals surface area (Å²) in [4.78, 5) is 14.6. The molecular weight excluding hydrogens is 394 g/mol. The molecule has 0 aromatic heterocycles. The Morgan fingerprint density at radius 1 is 1.05 bits per heavy atom. The van der Waals surface area contributed by atoms with E-state index in [-0.39, 0.29) is 5.91 Å². The molecule has 21 heavy (non-hydrogen) atoms. The van der Waals surface area contributed by atoms with Gasteiger partial charge in [0.15, 0.2) is 0 Å². The normalized spacial score (nSPS) is 10.4. The average Bonchev–Trinajstić information content (AvgIpc) is 2.46. The molecule has 2 aromatic rings. The Balaban J connectivity index is 2.22. The van der Waals surface area contributed by atoms with E-state index >= 15 is 0 Å². The maximum atomic E-state index is 12.7. The molecule has 0 aliphatic rings. The van der Waals surface area contributed by atoms with Gasteiger partial charge in [-0.1, -0.05) is 69.1 Å². The van der Waals surface area contributed by atoms with Crippen LogP contribution < -0.4 is 0 Å². The smallest absolute Gasteiger partial charge is 0.254 e. The van der Waals surface area contributed by atoms with Crippen molar-refractivity contribution < 1.29 is 4.79 Å². The van der Waals surface area contributed by atoms with Gasteiger partial charge in [0, 0.05) is 27.6 Å². The van der Waals surface area contributed by atoms with Crippen LogP contribution in [-0.2, 0) is 6.54 Å². The van der Waals surface area contributed by atoms with Gasteiger partial charge in [-0.15, -0.1) is 0 Å². The summed E-state index contributed by atoms with van der Waals surface area (Å²) in [7, 11) is 0. The Labute approximate surface area is 142 Å². The number of nitrogens with zero attached hydrogens (tertiary/aromatic N) is 1. The topological polar surface area (TPSA) is 20.3 Å². The SMILES string of the molecule is CCCN(Cc1ccccc1)C(=O)c1cc(Br)cc(Br)c1. The predicted molar refractivity (Wildman–Crippen MR) is 93.3 cm³/mol. The molecule has 0 atom stereocenters. The van der Waals surface area contributed by atoms with Crippen LogP contribution in [0.2, 0.25) is 0 Å². The number of benzene rings is 2. The van der Waals surface area contributed by atoms with Gasteiger partial charge in [0.2, 0.25) is 0 Å². The van der Waals surface area contributed by atoms with Gasteiger partial charge >= 0.3 is 0 Å². The Morgan fingerprint density at radius 2 is 1.67 bits per heavy atom. The summed E-state index contributed by atoms with van der Waals surface area (Å²) in [5.74, 6) is 0.0581. The molecule has 0 spiro atoms. The van der Waals surface area contributed by atoms with Crippen molar-refractivity contribution >= 4 is 37.8 Å². The highest BCUT2D eigenvalue weighted by Crippen LogP contribution is 2.22. The number of hydrogen-bond acceptors (Lipinski definition) is 1. The van der Waals surface area contributed by atoms with Gasteiger partial charge in [0.1, 0.15) is 0 Å². The lowest BCUT2D eigenvalue weighted by Crippen LogP contribution is -2.31. The summed E-state index contributed by atoms with van der Waals surface area (Å²) in [5, 5.41) is 0. The van der Waals surface area contributed by atoms with Gasteiger partial charge in [-0.25, -0.2) is 0 Å². The van der Waals surface area contributed by atoms with Crippen molar-refractivity contribution in [3.05, 3.63) is 68.6 Å². The minimum atomic E-state index is 0.0581. The van der Waals surface area contributed by atoms with Crippen LogP contribution in [0, 0.1) is 0 Å². The van der Waals surface area contributed by atoms with E-state index in [0.29, 0.717) is 12.1 Å². The number of halogens is 2. The highest BCUT2D eigenvalue weighted by Gasteiger charge is 2.16. The molecule has 0 saturated heterocycles. The second-order valence-electron chi connectivity index (χ2n) is 4.87. The highest BCUT2D eigenvalue weighted by molar-refractivity contribution is 9.11. The summed E-state index contributed by atoms with van der Waals surface area (Å²) in [6.45, 7) is 3.47. The molecule has 2 aromatic carbocycles. The van der Waals surface area contributed by atoms with Gasteiger partial charge in [0.05, 0.1) is 0 Å². The van der Waals surface area contributed by atoms with Gasteiger partial charge in [0.25, 0.3) is 5.91 Å². The fraction of sp³-hybridized carbons (Fsp3) is 0.235. The van der Waals surface area contributed by atoms with E-state index in [1.165, 1.54) is 0 Å². The molecule has 1 amide bonds. The minimum absolute atomic E-state index is 0.0581. The zero-order chi connectivity index (χ0) is 15.2. The molecule has 4 heteroatoms. The highest BCUT2D eigenvalue weighted by atomic mass is 79.9. The fourth-order valence-electron chi connectivity index (χ4n) is 2.19. The third-order valence-electron chi connectivity index (χ3n) is 3.11. The maximum absolute atomic E-state index is 12.7. The van der Waals surface area contributed by atoms with E-state index in [2.05, 4.69) is 38.8 Å². The zero-order valence-electron chi connectivity index (χ0n) is 11.9. The average molecular weight is 411 g/mol. The second kappa shape index (κ2) is 7.76. The molecule has 0 fully saturated rings.